The van der Waals surface area contributed by atoms with Crippen molar-refractivity contribution in [1.29, 1.82) is 0 Å². The summed E-state index contributed by atoms with van der Waals surface area (Å²) < 4.78 is 11.4. The van der Waals surface area contributed by atoms with Gasteiger partial charge in [-0.15, -0.1) is 0 Å². The summed E-state index contributed by atoms with van der Waals surface area (Å²) in [6.07, 6.45) is 10.4. The van der Waals surface area contributed by atoms with Crippen molar-refractivity contribution in [1.82, 2.24) is 0 Å². The van der Waals surface area contributed by atoms with Crippen LogP contribution < -0.4 is 0 Å². The van der Waals surface area contributed by atoms with Crippen LogP contribution in [0.5, 0.6) is 0 Å². The first-order valence-corrected chi connectivity index (χ1v) is 7.23. The molecule has 0 spiro atoms. The van der Waals surface area contributed by atoms with E-state index in [0.29, 0.717) is 12.2 Å². The number of ether oxygens (including phenoxy) is 2. The molecule has 4 unspecified atom stereocenters. The van der Waals surface area contributed by atoms with Crippen molar-refractivity contribution in [3.63, 3.8) is 0 Å². The lowest BCUT2D eigenvalue weighted by atomic mass is 9.89. The molecule has 2 nitrogen and oxygen atoms in total. The molecule has 0 aromatic rings. The average Bonchev–Trinajstić information content (AvgIpc) is 3.27. The molecule has 2 saturated heterocycles. The number of rotatable bonds is 0. The Bertz CT molecular complexity index is 443. The predicted molar refractivity (Wildman–Crippen MR) is 67.7 cm³/mol. The van der Waals surface area contributed by atoms with Crippen molar-refractivity contribution in [2.75, 3.05) is 0 Å². The molecule has 4 atom stereocenters. The van der Waals surface area contributed by atoms with Gasteiger partial charge in [-0.2, -0.15) is 0 Å². The van der Waals surface area contributed by atoms with E-state index in [9.17, 15) is 0 Å². The summed E-state index contributed by atoms with van der Waals surface area (Å²) in [5.74, 6) is 12.5. The molecule has 94 valence electrons. The van der Waals surface area contributed by atoms with E-state index in [1.165, 1.54) is 38.5 Å². The summed E-state index contributed by atoms with van der Waals surface area (Å²) in [6.45, 7) is 0. The summed E-state index contributed by atoms with van der Waals surface area (Å²) >= 11 is 0. The van der Waals surface area contributed by atoms with Gasteiger partial charge in [0.2, 0.25) is 0 Å². The van der Waals surface area contributed by atoms with Gasteiger partial charge in [0.25, 0.3) is 0 Å². The molecule has 0 aromatic heterocycles. The van der Waals surface area contributed by atoms with Gasteiger partial charge < -0.3 is 9.47 Å². The van der Waals surface area contributed by atoms with Crippen LogP contribution in [0.4, 0.5) is 0 Å². The van der Waals surface area contributed by atoms with Crippen LogP contribution in [0.3, 0.4) is 0 Å². The van der Waals surface area contributed by atoms with Gasteiger partial charge in [0, 0.05) is 0 Å². The van der Waals surface area contributed by atoms with Gasteiger partial charge in [-0.3, -0.25) is 0 Å². The molecule has 0 N–H and O–H groups in total. The Kier molecular flexibility index (Phi) is 2.28. The monoisotopic (exact) mass is 242 g/mol. The van der Waals surface area contributed by atoms with Crippen molar-refractivity contribution in [3.05, 3.63) is 0 Å². The van der Waals surface area contributed by atoms with E-state index >= 15 is 0 Å². The first-order chi connectivity index (χ1) is 8.83. The smallest absolute Gasteiger partial charge is 0.156 e. The number of hydrogen-bond donors (Lipinski definition) is 0. The molecule has 0 bridgehead atoms. The van der Waals surface area contributed by atoms with Gasteiger partial charge in [-0.1, -0.05) is 24.7 Å². The molecule has 2 aliphatic carbocycles. The van der Waals surface area contributed by atoms with Crippen LogP contribution in [0.15, 0.2) is 0 Å². The Morgan fingerprint density at radius 1 is 0.722 bits per heavy atom. The number of fused-ring (bicyclic) bond motifs is 2. The molecule has 2 heteroatoms. The lowest BCUT2D eigenvalue weighted by Gasteiger charge is -2.10. The maximum absolute atomic E-state index is 5.72. The molecule has 4 aliphatic rings. The molecular formula is C16H18O2. The third kappa shape index (κ3) is 1.68. The zero-order valence-corrected chi connectivity index (χ0v) is 10.6. The van der Waals surface area contributed by atoms with Crippen LogP contribution in [-0.2, 0) is 9.47 Å². The van der Waals surface area contributed by atoms with Gasteiger partial charge in [-0.05, 0) is 50.4 Å². The summed E-state index contributed by atoms with van der Waals surface area (Å²) in [6, 6.07) is 0. The van der Waals surface area contributed by atoms with Crippen LogP contribution in [0.1, 0.15) is 51.4 Å². The predicted octanol–water partition coefficient (Wildman–Crippen LogP) is 2.42. The maximum atomic E-state index is 5.72. The fourth-order valence-corrected chi connectivity index (χ4v) is 3.52. The highest BCUT2D eigenvalue weighted by atomic mass is 16.6. The Morgan fingerprint density at radius 3 is 1.67 bits per heavy atom. The van der Waals surface area contributed by atoms with Crippen LogP contribution in [0, 0.1) is 23.7 Å². The van der Waals surface area contributed by atoms with Gasteiger partial charge in [0.05, 0.1) is 12.2 Å². The minimum Gasteiger partial charge on any atom is -0.352 e. The molecule has 0 aromatic carbocycles. The van der Waals surface area contributed by atoms with E-state index < -0.39 is 0 Å². The average molecular weight is 242 g/mol. The molecule has 2 aliphatic heterocycles. The SMILES string of the molecule is C(C#CC12CCCCC1O2)#CC12CCCCC1O2. The lowest BCUT2D eigenvalue weighted by molar-refractivity contribution is 0.335. The number of epoxide rings is 2. The van der Waals surface area contributed by atoms with Crippen molar-refractivity contribution in [2.45, 2.75) is 74.8 Å². The van der Waals surface area contributed by atoms with Crippen LogP contribution in [0.2, 0.25) is 0 Å². The largest absolute Gasteiger partial charge is 0.352 e. The third-order valence-electron chi connectivity index (χ3n) is 4.77. The molecule has 2 heterocycles. The summed E-state index contributed by atoms with van der Waals surface area (Å²) in [5, 5.41) is 0. The van der Waals surface area contributed by atoms with E-state index in [0.717, 1.165) is 12.8 Å². The molecule has 18 heavy (non-hydrogen) atoms. The standard InChI is InChI=1S/C16H18O2/c1-3-9-15(13(7-1)17-15)11-5-6-12-16-10-4-2-8-14(16)18-16/h13-14H,1-4,7-10H2. The topological polar surface area (TPSA) is 25.1 Å². The Balaban J connectivity index is 1.43. The summed E-state index contributed by atoms with van der Waals surface area (Å²) in [4.78, 5) is 0. The van der Waals surface area contributed by atoms with Gasteiger partial charge >= 0.3 is 0 Å². The number of hydrogen-bond acceptors (Lipinski definition) is 2. The zero-order valence-electron chi connectivity index (χ0n) is 10.6. The first-order valence-electron chi connectivity index (χ1n) is 7.23. The quantitative estimate of drug-likeness (QED) is 0.481. The second kappa shape index (κ2) is 3.77. The van der Waals surface area contributed by atoms with Crippen molar-refractivity contribution >= 4 is 0 Å². The fraction of sp³-hybridized carbons (Fsp3) is 0.750. The Labute approximate surface area is 108 Å². The summed E-state index contributed by atoms with van der Waals surface area (Å²) in [5.41, 5.74) is -0.220. The third-order valence-corrected chi connectivity index (χ3v) is 4.77. The normalized spacial score (nSPS) is 47.6. The minimum absolute atomic E-state index is 0.110. The molecule has 0 radical (unpaired) electrons. The maximum Gasteiger partial charge on any atom is 0.156 e. The molecule has 4 fully saturated rings. The second-order valence-corrected chi connectivity index (χ2v) is 5.98. The molecule has 4 rings (SSSR count). The highest BCUT2D eigenvalue weighted by molar-refractivity contribution is 5.39. The molecular weight excluding hydrogens is 224 g/mol. The van der Waals surface area contributed by atoms with Crippen LogP contribution in [0.25, 0.3) is 0 Å². The Hall–Kier alpha value is -0.960. The van der Waals surface area contributed by atoms with Crippen LogP contribution in [-0.4, -0.2) is 23.4 Å². The fourth-order valence-electron chi connectivity index (χ4n) is 3.52. The lowest BCUT2D eigenvalue weighted by Crippen LogP contribution is -2.17. The summed E-state index contributed by atoms with van der Waals surface area (Å²) in [7, 11) is 0. The Morgan fingerprint density at radius 2 is 1.22 bits per heavy atom. The van der Waals surface area contributed by atoms with E-state index in [2.05, 4.69) is 23.7 Å². The van der Waals surface area contributed by atoms with E-state index in [1.54, 1.807) is 0 Å². The first kappa shape index (κ1) is 10.9. The van der Waals surface area contributed by atoms with E-state index in [4.69, 9.17) is 9.47 Å². The van der Waals surface area contributed by atoms with Gasteiger partial charge in [-0.25, -0.2) is 0 Å². The minimum atomic E-state index is -0.110. The molecule has 0 amide bonds. The van der Waals surface area contributed by atoms with E-state index in [1.807, 2.05) is 0 Å². The van der Waals surface area contributed by atoms with Crippen molar-refractivity contribution in [2.24, 2.45) is 0 Å². The van der Waals surface area contributed by atoms with Gasteiger partial charge in [0.1, 0.15) is 0 Å². The zero-order chi connectivity index (χ0) is 12.1. The van der Waals surface area contributed by atoms with Gasteiger partial charge in [0.15, 0.2) is 11.2 Å². The van der Waals surface area contributed by atoms with E-state index in [-0.39, 0.29) is 11.2 Å². The van der Waals surface area contributed by atoms with Crippen molar-refractivity contribution in [3.8, 4) is 23.7 Å². The highest BCUT2D eigenvalue weighted by Gasteiger charge is 2.57. The second-order valence-electron chi connectivity index (χ2n) is 5.98. The molecule has 2 saturated carbocycles. The van der Waals surface area contributed by atoms with Crippen molar-refractivity contribution < 1.29 is 9.47 Å². The highest BCUT2D eigenvalue weighted by Crippen LogP contribution is 2.48. The van der Waals surface area contributed by atoms with Crippen LogP contribution >= 0.6 is 0 Å².